The first-order chi connectivity index (χ1) is 12.0. The molecule has 6 heteroatoms. The minimum atomic E-state index is -0.503. The van der Waals surface area contributed by atoms with Crippen LogP contribution in [0.4, 0.5) is 20.6 Å². The molecule has 0 aliphatic carbocycles. The zero-order chi connectivity index (χ0) is 17.9. The molecular weight excluding hydrogens is 323 g/mol. The van der Waals surface area contributed by atoms with Crippen LogP contribution in [0.5, 0.6) is 5.75 Å². The molecule has 5 nitrogen and oxygen atoms in total. The summed E-state index contributed by atoms with van der Waals surface area (Å²) in [6, 6.07) is 10.5. The van der Waals surface area contributed by atoms with Crippen LogP contribution < -0.4 is 15.4 Å². The van der Waals surface area contributed by atoms with Gasteiger partial charge in [-0.25, -0.2) is 9.18 Å². The number of urea groups is 1. The Morgan fingerprint density at radius 3 is 2.56 bits per heavy atom. The van der Waals surface area contributed by atoms with Crippen molar-refractivity contribution in [3.63, 3.8) is 0 Å². The molecule has 2 aromatic rings. The molecule has 1 aliphatic heterocycles. The molecule has 2 N–H and O–H groups in total. The molecule has 1 aliphatic rings. The fraction of sp³-hybridized carbons (Fsp3) is 0.211. The van der Waals surface area contributed by atoms with Crippen LogP contribution in [0.2, 0.25) is 0 Å². The van der Waals surface area contributed by atoms with Crippen LogP contribution in [0.25, 0.3) is 6.08 Å². The number of fused-ring (bicyclic) bond motifs is 1. The van der Waals surface area contributed by atoms with Gasteiger partial charge in [0.15, 0.2) is 0 Å². The number of hydrogen-bond donors (Lipinski definition) is 2. The number of ether oxygens (including phenoxy) is 2. The molecule has 0 saturated carbocycles. The number of carbonyl (C=O) groups excluding carboxylic acids is 1. The van der Waals surface area contributed by atoms with E-state index in [-0.39, 0.29) is 5.82 Å². The third-order valence-corrected chi connectivity index (χ3v) is 3.76. The SMILES string of the molecule is COCC1(C)C=Cc2cc(NC(=O)Nc3ccc(F)cc3)ccc2O1. The fourth-order valence-electron chi connectivity index (χ4n) is 2.59. The average molecular weight is 342 g/mol. The number of carbonyl (C=O) groups is 1. The van der Waals surface area contributed by atoms with Crippen molar-refractivity contribution in [2.45, 2.75) is 12.5 Å². The van der Waals surface area contributed by atoms with E-state index in [4.69, 9.17) is 9.47 Å². The summed E-state index contributed by atoms with van der Waals surface area (Å²) in [7, 11) is 1.63. The molecule has 1 atom stereocenters. The van der Waals surface area contributed by atoms with Crippen molar-refractivity contribution < 1.29 is 18.7 Å². The number of hydrogen-bond acceptors (Lipinski definition) is 3. The second-order valence-electron chi connectivity index (χ2n) is 6.02. The molecule has 130 valence electrons. The van der Waals surface area contributed by atoms with E-state index in [1.807, 2.05) is 25.1 Å². The predicted octanol–water partition coefficient (Wildman–Crippen LogP) is 4.28. The molecule has 3 rings (SSSR count). The van der Waals surface area contributed by atoms with Gasteiger partial charge in [-0.15, -0.1) is 0 Å². The van der Waals surface area contributed by atoms with Crippen molar-refractivity contribution in [2.75, 3.05) is 24.4 Å². The summed E-state index contributed by atoms with van der Waals surface area (Å²) in [5.74, 6) is 0.374. The van der Waals surface area contributed by atoms with Crippen molar-refractivity contribution in [2.24, 2.45) is 0 Å². The number of amides is 2. The van der Waals surface area contributed by atoms with Crippen molar-refractivity contribution >= 4 is 23.5 Å². The predicted molar refractivity (Wildman–Crippen MR) is 95.4 cm³/mol. The molecule has 2 amide bonds. The third kappa shape index (κ3) is 4.16. The number of anilines is 2. The van der Waals surface area contributed by atoms with E-state index in [1.54, 1.807) is 19.2 Å². The van der Waals surface area contributed by atoms with Crippen molar-refractivity contribution in [3.05, 3.63) is 59.9 Å². The summed E-state index contributed by atoms with van der Waals surface area (Å²) in [5.41, 5.74) is 1.50. The molecule has 0 fully saturated rings. The quantitative estimate of drug-likeness (QED) is 0.872. The van der Waals surface area contributed by atoms with Crippen LogP contribution in [0.3, 0.4) is 0 Å². The van der Waals surface area contributed by atoms with Crippen LogP contribution >= 0.6 is 0 Å². The Balaban J connectivity index is 1.67. The first-order valence-electron chi connectivity index (χ1n) is 7.82. The Labute approximate surface area is 145 Å². The number of benzene rings is 2. The van der Waals surface area contributed by atoms with E-state index >= 15 is 0 Å². The molecule has 1 heterocycles. The lowest BCUT2D eigenvalue weighted by Gasteiger charge is -2.31. The molecule has 0 bridgehead atoms. The molecule has 1 unspecified atom stereocenters. The van der Waals surface area contributed by atoms with Crippen LogP contribution in [0, 0.1) is 5.82 Å². The minimum Gasteiger partial charge on any atom is -0.480 e. The normalized spacial score (nSPS) is 18.2. The summed E-state index contributed by atoms with van der Waals surface area (Å²) in [6.45, 7) is 2.39. The van der Waals surface area contributed by atoms with E-state index in [0.29, 0.717) is 18.0 Å². The van der Waals surface area contributed by atoms with E-state index in [1.165, 1.54) is 24.3 Å². The highest BCUT2D eigenvalue weighted by Gasteiger charge is 2.27. The van der Waals surface area contributed by atoms with E-state index < -0.39 is 11.6 Å². The van der Waals surface area contributed by atoms with Gasteiger partial charge < -0.3 is 20.1 Å². The fourth-order valence-corrected chi connectivity index (χ4v) is 2.59. The first kappa shape index (κ1) is 17.0. The molecule has 0 radical (unpaired) electrons. The maximum atomic E-state index is 12.9. The largest absolute Gasteiger partial charge is 0.480 e. The second-order valence-corrected chi connectivity index (χ2v) is 6.02. The Morgan fingerprint density at radius 2 is 1.84 bits per heavy atom. The average Bonchev–Trinajstić information content (AvgIpc) is 2.57. The van der Waals surface area contributed by atoms with Crippen molar-refractivity contribution in [3.8, 4) is 5.75 Å². The number of rotatable bonds is 4. The topological polar surface area (TPSA) is 59.6 Å². The summed E-state index contributed by atoms with van der Waals surface area (Å²) in [5, 5.41) is 5.39. The second kappa shape index (κ2) is 6.94. The Morgan fingerprint density at radius 1 is 1.16 bits per heavy atom. The maximum Gasteiger partial charge on any atom is 0.323 e. The number of methoxy groups -OCH3 is 1. The van der Waals surface area contributed by atoms with Gasteiger partial charge in [0.2, 0.25) is 0 Å². The van der Waals surface area contributed by atoms with Crippen LogP contribution in [-0.2, 0) is 4.74 Å². The van der Waals surface area contributed by atoms with E-state index in [9.17, 15) is 9.18 Å². The van der Waals surface area contributed by atoms with Gasteiger partial charge in [0.05, 0.1) is 6.61 Å². The zero-order valence-electron chi connectivity index (χ0n) is 14.0. The maximum absolute atomic E-state index is 12.9. The minimum absolute atomic E-state index is 0.354. The molecule has 2 aromatic carbocycles. The van der Waals surface area contributed by atoms with Gasteiger partial charge in [0.1, 0.15) is 17.2 Å². The van der Waals surface area contributed by atoms with Gasteiger partial charge >= 0.3 is 6.03 Å². The molecule has 25 heavy (non-hydrogen) atoms. The van der Waals surface area contributed by atoms with Crippen molar-refractivity contribution in [1.82, 2.24) is 0 Å². The van der Waals surface area contributed by atoms with Gasteiger partial charge in [-0.05, 0) is 55.5 Å². The molecule has 0 aromatic heterocycles. The third-order valence-electron chi connectivity index (χ3n) is 3.76. The summed E-state index contributed by atoms with van der Waals surface area (Å²) >= 11 is 0. The van der Waals surface area contributed by atoms with Gasteiger partial charge in [0.25, 0.3) is 0 Å². The zero-order valence-corrected chi connectivity index (χ0v) is 14.0. The monoisotopic (exact) mass is 342 g/mol. The standard InChI is InChI=1S/C19H19FN2O3/c1-19(12-24-2)10-9-13-11-16(7-8-17(13)25-19)22-18(23)21-15-5-3-14(20)4-6-15/h3-11H,12H2,1-2H3,(H2,21,22,23). The van der Waals surface area contributed by atoms with Crippen LogP contribution in [0.1, 0.15) is 12.5 Å². The molecule has 0 saturated heterocycles. The highest BCUT2D eigenvalue weighted by molar-refractivity contribution is 6.00. The van der Waals surface area contributed by atoms with Gasteiger partial charge in [-0.3, -0.25) is 0 Å². The lowest BCUT2D eigenvalue weighted by atomic mass is 10.0. The Hall–Kier alpha value is -2.86. The highest BCUT2D eigenvalue weighted by Crippen LogP contribution is 2.33. The van der Waals surface area contributed by atoms with Crippen LogP contribution in [0.15, 0.2) is 48.5 Å². The number of halogens is 1. The first-order valence-corrected chi connectivity index (χ1v) is 7.82. The van der Waals surface area contributed by atoms with Crippen molar-refractivity contribution in [1.29, 1.82) is 0 Å². The lowest BCUT2D eigenvalue weighted by molar-refractivity contribution is 0.0378. The molecular formula is C19H19FN2O3. The van der Waals surface area contributed by atoms with E-state index in [2.05, 4.69) is 10.6 Å². The summed E-state index contributed by atoms with van der Waals surface area (Å²) in [6.07, 6.45) is 3.88. The lowest BCUT2D eigenvalue weighted by Crippen LogP contribution is -2.36. The number of nitrogens with one attached hydrogen (secondary N) is 2. The van der Waals surface area contributed by atoms with E-state index in [0.717, 1.165) is 11.3 Å². The summed E-state index contributed by atoms with van der Waals surface area (Å²) in [4.78, 5) is 12.0. The Kier molecular flexibility index (Phi) is 4.72. The summed E-state index contributed by atoms with van der Waals surface area (Å²) < 4.78 is 24.0. The smallest absolute Gasteiger partial charge is 0.323 e. The molecule has 0 spiro atoms. The van der Waals surface area contributed by atoms with Gasteiger partial charge in [-0.1, -0.05) is 6.08 Å². The van der Waals surface area contributed by atoms with Gasteiger partial charge in [0, 0.05) is 24.0 Å². The van der Waals surface area contributed by atoms with Gasteiger partial charge in [-0.2, -0.15) is 0 Å². The Bertz CT molecular complexity index is 805. The van der Waals surface area contributed by atoms with Crippen LogP contribution in [-0.4, -0.2) is 25.3 Å². The highest BCUT2D eigenvalue weighted by atomic mass is 19.1.